The molecule has 1 heterocycles. The molecule has 0 amide bonds. The summed E-state index contributed by atoms with van der Waals surface area (Å²) < 4.78 is 2.18. The van der Waals surface area contributed by atoms with Crippen molar-refractivity contribution < 1.29 is 4.79 Å². The number of aromatic nitrogens is 1. The van der Waals surface area contributed by atoms with Gasteiger partial charge in [0.25, 0.3) is 0 Å². The summed E-state index contributed by atoms with van der Waals surface area (Å²) in [5.41, 5.74) is 3.29. The molecule has 0 spiro atoms. The van der Waals surface area contributed by atoms with Gasteiger partial charge in [-0.05, 0) is 34.7 Å². The Labute approximate surface area is 171 Å². The summed E-state index contributed by atoms with van der Waals surface area (Å²) in [5, 5.41) is 1.18. The molecule has 0 aliphatic carbocycles. The predicted molar refractivity (Wildman–Crippen MR) is 122 cm³/mol. The van der Waals surface area contributed by atoms with Gasteiger partial charge in [0.2, 0.25) is 0 Å². The minimum absolute atomic E-state index is 0.0528. The van der Waals surface area contributed by atoms with Crippen molar-refractivity contribution in [3.05, 3.63) is 120 Å². The summed E-state index contributed by atoms with van der Waals surface area (Å²) in [5.74, 6) is 0.106. The number of allylic oxidation sites excluding steroid dienone is 2. The van der Waals surface area contributed by atoms with E-state index in [4.69, 9.17) is 0 Å². The van der Waals surface area contributed by atoms with Crippen LogP contribution in [0.5, 0.6) is 0 Å². The van der Waals surface area contributed by atoms with Crippen LogP contribution in [0.25, 0.3) is 23.1 Å². The van der Waals surface area contributed by atoms with Gasteiger partial charge in [0.05, 0.1) is 6.04 Å². The molecule has 0 saturated carbocycles. The fraction of sp³-hybridized carbons (Fsp3) is 0.0741. The van der Waals surface area contributed by atoms with E-state index in [1.165, 1.54) is 5.39 Å². The topological polar surface area (TPSA) is 22.0 Å². The quantitative estimate of drug-likeness (QED) is 0.334. The Balaban J connectivity index is 1.60. The van der Waals surface area contributed by atoms with E-state index in [0.717, 1.165) is 16.6 Å². The van der Waals surface area contributed by atoms with Gasteiger partial charge in [0.15, 0.2) is 5.78 Å². The number of fused-ring (bicyclic) bond motifs is 1. The zero-order valence-electron chi connectivity index (χ0n) is 16.2. The lowest BCUT2D eigenvalue weighted by molar-refractivity contribution is -0.115. The molecule has 1 aromatic heterocycles. The molecule has 0 bridgehead atoms. The van der Waals surface area contributed by atoms with Crippen LogP contribution in [0.4, 0.5) is 0 Å². The molecular weight excluding hydrogens is 354 g/mol. The fourth-order valence-electron chi connectivity index (χ4n) is 3.47. The zero-order valence-corrected chi connectivity index (χ0v) is 16.2. The van der Waals surface area contributed by atoms with Crippen LogP contribution >= 0.6 is 0 Å². The molecule has 0 aliphatic heterocycles. The van der Waals surface area contributed by atoms with Crippen LogP contribution in [0.1, 0.15) is 23.6 Å². The first kappa shape index (κ1) is 18.7. The third-order valence-corrected chi connectivity index (χ3v) is 4.97. The van der Waals surface area contributed by atoms with Crippen LogP contribution in [-0.4, -0.2) is 10.4 Å². The van der Waals surface area contributed by atoms with E-state index >= 15 is 0 Å². The minimum atomic E-state index is -0.0528. The van der Waals surface area contributed by atoms with Crippen molar-refractivity contribution in [1.29, 1.82) is 0 Å². The lowest BCUT2D eigenvalue weighted by atomic mass is 10.1. The zero-order chi connectivity index (χ0) is 19.9. The number of nitrogens with zero attached hydrogens (tertiary/aromatic N) is 1. The number of carbonyl (C=O) groups is 1. The summed E-state index contributed by atoms with van der Waals surface area (Å²) in [7, 11) is 0. The largest absolute Gasteiger partial charge is 0.340 e. The SMILES string of the molecule is O=C(/C=C/c1ccccc1)CC(/C=C/c1ccccc1)n1ccc2ccccc21. The van der Waals surface area contributed by atoms with Crippen LogP contribution in [0.3, 0.4) is 0 Å². The van der Waals surface area contributed by atoms with Crippen molar-refractivity contribution >= 4 is 28.8 Å². The first-order valence-corrected chi connectivity index (χ1v) is 9.84. The monoisotopic (exact) mass is 377 g/mol. The van der Waals surface area contributed by atoms with Crippen LogP contribution in [0.2, 0.25) is 0 Å². The highest BCUT2D eigenvalue weighted by Gasteiger charge is 2.13. The summed E-state index contributed by atoms with van der Waals surface area (Å²) in [6.07, 6.45) is 10.3. The predicted octanol–water partition coefficient (Wildman–Crippen LogP) is 6.57. The summed E-state index contributed by atoms with van der Waals surface area (Å²) in [6.45, 7) is 0. The Morgan fingerprint density at radius 1 is 0.759 bits per heavy atom. The second-order valence-electron chi connectivity index (χ2n) is 7.03. The van der Waals surface area contributed by atoms with E-state index in [0.29, 0.717) is 6.42 Å². The molecule has 4 aromatic rings. The number of carbonyl (C=O) groups excluding carboxylic acids is 1. The number of benzene rings is 3. The van der Waals surface area contributed by atoms with Gasteiger partial charge in [-0.1, -0.05) is 97.1 Å². The molecule has 0 N–H and O–H groups in total. The van der Waals surface area contributed by atoms with Crippen molar-refractivity contribution in [1.82, 2.24) is 4.57 Å². The Bertz CT molecular complexity index is 1140. The van der Waals surface area contributed by atoms with E-state index in [1.807, 2.05) is 66.7 Å². The molecule has 1 atom stereocenters. The van der Waals surface area contributed by atoms with Crippen molar-refractivity contribution in [2.75, 3.05) is 0 Å². The Hall–Kier alpha value is -3.65. The van der Waals surface area contributed by atoms with Gasteiger partial charge in [-0.2, -0.15) is 0 Å². The highest BCUT2D eigenvalue weighted by Crippen LogP contribution is 2.24. The third-order valence-electron chi connectivity index (χ3n) is 4.97. The van der Waals surface area contributed by atoms with E-state index in [1.54, 1.807) is 6.08 Å². The lowest BCUT2D eigenvalue weighted by Gasteiger charge is -2.15. The molecule has 0 saturated heterocycles. The fourth-order valence-corrected chi connectivity index (χ4v) is 3.47. The Morgan fingerprint density at radius 2 is 1.38 bits per heavy atom. The lowest BCUT2D eigenvalue weighted by Crippen LogP contribution is -2.10. The van der Waals surface area contributed by atoms with Crippen LogP contribution < -0.4 is 0 Å². The first-order valence-electron chi connectivity index (χ1n) is 9.84. The second kappa shape index (κ2) is 9.03. The van der Waals surface area contributed by atoms with Gasteiger partial charge in [0, 0.05) is 18.1 Å². The summed E-state index contributed by atoms with van der Waals surface area (Å²) in [4.78, 5) is 12.7. The maximum atomic E-state index is 12.7. The molecule has 29 heavy (non-hydrogen) atoms. The molecule has 2 nitrogen and oxygen atoms in total. The van der Waals surface area contributed by atoms with Gasteiger partial charge >= 0.3 is 0 Å². The molecular formula is C27H23NO. The summed E-state index contributed by atoms with van der Waals surface area (Å²) in [6, 6.07) is 30.4. The van der Waals surface area contributed by atoms with Gasteiger partial charge < -0.3 is 4.57 Å². The van der Waals surface area contributed by atoms with Gasteiger partial charge in [-0.3, -0.25) is 4.79 Å². The normalized spacial score (nSPS) is 12.7. The number of hydrogen-bond donors (Lipinski definition) is 0. The Morgan fingerprint density at radius 3 is 2.10 bits per heavy atom. The van der Waals surface area contributed by atoms with E-state index < -0.39 is 0 Å². The Kier molecular flexibility index (Phi) is 5.82. The highest BCUT2D eigenvalue weighted by molar-refractivity contribution is 5.94. The third kappa shape index (κ3) is 4.80. The maximum absolute atomic E-state index is 12.7. The van der Waals surface area contributed by atoms with Crippen molar-refractivity contribution in [2.45, 2.75) is 12.5 Å². The number of hydrogen-bond acceptors (Lipinski definition) is 1. The average molecular weight is 377 g/mol. The number of rotatable bonds is 7. The summed E-state index contributed by atoms with van der Waals surface area (Å²) >= 11 is 0. The van der Waals surface area contributed by atoms with Gasteiger partial charge in [0.1, 0.15) is 0 Å². The number of para-hydroxylation sites is 1. The molecule has 0 fully saturated rings. The van der Waals surface area contributed by atoms with Crippen LogP contribution in [-0.2, 0) is 4.79 Å². The van der Waals surface area contributed by atoms with Gasteiger partial charge in [-0.25, -0.2) is 0 Å². The van der Waals surface area contributed by atoms with Gasteiger partial charge in [-0.15, -0.1) is 0 Å². The molecule has 1 unspecified atom stereocenters. The van der Waals surface area contributed by atoms with Crippen molar-refractivity contribution in [2.24, 2.45) is 0 Å². The molecule has 4 rings (SSSR count). The van der Waals surface area contributed by atoms with Crippen LogP contribution in [0.15, 0.2) is 109 Å². The maximum Gasteiger partial charge on any atom is 0.158 e. The van der Waals surface area contributed by atoms with Crippen LogP contribution in [0, 0.1) is 0 Å². The molecule has 142 valence electrons. The standard InChI is InChI=1S/C27H23NO/c29-26(18-16-23-11-5-2-6-12-23)21-25(17-15-22-9-3-1-4-10-22)28-20-19-24-13-7-8-14-27(24)28/h1-20,25H,21H2/b17-15+,18-16+. The highest BCUT2D eigenvalue weighted by atomic mass is 16.1. The molecule has 0 radical (unpaired) electrons. The van der Waals surface area contributed by atoms with E-state index in [9.17, 15) is 4.79 Å². The molecule has 2 heteroatoms. The minimum Gasteiger partial charge on any atom is -0.340 e. The second-order valence-corrected chi connectivity index (χ2v) is 7.03. The average Bonchev–Trinajstić information content (AvgIpc) is 3.21. The van der Waals surface area contributed by atoms with Crippen molar-refractivity contribution in [3.8, 4) is 0 Å². The van der Waals surface area contributed by atoms with Crippen molar-refractivity contribution in [3.63, 3.8) is 0 Å². The number of ketones is 1. The smallest absolute Gasteiger partial charge is 0.158 e. The van der Waals surface area contributed by atoms with E-state index in [2.05, 4.69) is 53.2 Å². The first-order chi connectivity index (χ1) is 14.3. The molecule has 0 aliphatic rings. The molecule has 3 aromatic carbocycles. The van der Waals surface area contributed by atoms with E-state index in [-0.39, 0.29) is 11.8 Å².